The van der Waals surface area contributed by atoms with Gasteiger partial charge in [-0.25, -0.2) is 4.99 Å². The number of rotatable bonds is 5. The standard InChI is InChI=1S/C17H28N4O/c1-4-18-17(20-14(2)3)19-13-15-7-5-6-8-16(15)21-9-11-22-12-10-21/h5-8,14H,4,9-13H2,1-3H3,(H2,18,19,20). The lowest BCUT2D eigenvalue weighted by Gasteiger charge is -2.30. The minimum atomic E-state index is 0.368. The molecule has 0 unspecified atom stereocenters. The molecule has 0 aliphatic carbocycles. The van der Waals surface area contributed by atoms with Gasteiger partial charge in [-0.05, 0) is 32.4 Å². The molecule has 2 rings (SSSR count). The lowest BCUT2D eigenvalue weighted by molar-refractivity contribution is 0.122. The van der Waals surface area contributed by atoms with Crippen LogP contribution in [0, 0.1) is 0 Å². The second kappa shape index (κ2) is 8.63. The quantitative estimate of drug-likeness (QED) is 0.645. The summed E-state index contributed by atoms with van der Waals surface area (Å²) in [5.41, 5.74) is 2.53. The first kappa shape index (κ1) is 16.6. The van der Waals surface area contributed by atoms with Gasteiger partial charge < -0.3 is 20.3 Å². The molecule has 0 saturated carbocycles. The van der Waals surface area contributed by atoms with Crippen molar-refractivity contribution in [1.29, 1.82) is 0 Å². The van der Waals surface area contributed by atoms with E-state index in [4.69, 9.17) is 9.73 Å². The van der Waals surface area contributed by atoms with Gasteiger partial charge in [-0.3, -0.25) is 0 Å². The van der Waals surface area contributed by atoms with E-state index in [-0.39, 0.29) is 0 Å². The molecule has 22 heavy (non-hydrogen) atoms. The zero-order valence-electron chi connectivity index (χ0n) is 13.9. The largest absolute Gasteiger partial charge is 0.378 e. The van der Waals surface area contributed by atoms with Crippen LogP contribution in [0.3, 0.4) is 0 Å². The number of nitrogens with one attached hydrogen (secondary N) is 2. The van der Waals surface area contributed by atoms with Gasteiger partial charge in [0.25, 0.3) is 0 Å². The lowest BCUT2D eigenvalue weighted by atomic mass is 10.1. The second-order valence-corrected chi connectivity index (χ2v) is 5.72. The highest BCUT2D eigenvalue weighted by Gasteiger charge is 2.14. The molecule has 0 bridgehead atoms. The average Bonchev–Trinajstić information content (AvgIpc) is 2.53. The Morgan fingerprint density at radius 3 is 2.68 bits per heavy atom. The van der Waals surface area contributed by atoms with Crippen LogP contribution in [0.15, 0.2) is 29.3 Å². The number of hydrogen-bond donors (Lipinski definition) is 2. The van der Waals surface area contributed by atoms with Crippen molar-refractivity contribution in [2.75, 3.05) is 37.7 Å². The topological polar surface area (TPSA) is 48.9 Å². The van der Waals surface area contributed by atoms with E-state index in [2.05, 4.69) is 60.6 Å². The summed E-state index contributed by atoms with van der Waals surface area (Å²) in [5.74, 6) is 0.870. The highest BCUT2D eigenvalue weighted by molar-refractivity contribution is 5.80. The zero-order valence-corrected chi connectivity index (χ0v) is 13.9. The van der Waals surface area contributed by atoms with Gasteiger partial charge in [0.05, 0.1) is 19.8 Å². The number of benzene rings is 1. The molecular weight excluding hydrogens is 276 g/mol. The van der Waals surface area contributed by atoms with Gasteiger partial charge in [0.1, 0.15) is 0 Å². The van der Waals surface area contributed by atoms with E-state index in [0.29, 0.717) is 12.6 Å². The van der Waals surface area contributed by atoms with Crippen LogP contribution in [0.2, 0.25) is 0 Å². The number of morpholine rings is 1. The van der Waals surface area contributed by atoms with Crippen molar-refractivity contribution in [2.24, 2.45) is 4.99 Å². The molecule has 1 aliphatic rings. The molecule has 122 valence electrons. The van der Waals surface area contributed by atoms with Crippen LogP contribution in [-0.4, -0.2) is 44.8 Å². The van der Waals surface area contributed by atoms with Crippen LogP contribution in [0.25, 0.3) is 0 Å². The average molecular weight is 304 g/mol. The smallest absolute Gasteiger partial charge is 0.191 e. The summed E-state index contributed by atoms with van der Waals surface area (Å²) in [5, 5.41) is 6.64. The lowest BCUT2D eigenvalue weighted by Crippen LogP contribution is -2.41. The fraction of sp³-hybridized carbons (Fsp3) is 0.588. The molecule has 0 aromatic heterocycles. The number of nitrogens with zero attached hydrogens (tertiary/aromatic N) is 2. The summed E-state index contributed by atoms with van der Waals surface area (Å²) >= 11 is 0. The number of guanidine groups is 1. The third kappa shape index (κ3) is 4.91. The Morgan fingerprint density at radius 2 is 2.00 bits per heavy atom. The fourth-order valence-electron chi connectivity index (χ4n) is 2.51. The van der Waals surface area contributed by atoms with Crippen molar-refractivity contribution in [3.8, 4) is 0 Å². The van der Waals surface area contributed by atoms with Crippen LogP contribution in [0.1, 0.15) is 26.3 Å². The molecule has 5 nitrogen and oxygen atoms in total. The molecule has 0 spiro atoms. The fourth-order valence-corrected chi connectivity index (χ4v) is 2.51. The van der Waals surface area contributed by atoms with E-state index in [1.54, 1.807) is 0 Å². The first-order valence-corrected chi connectivity index (χ1v) is 8.16. The normalized spacial score (nSPS) is 16.0. The Labute approximate surface area is 133 Å². The molecule has 1 saturated heterocycles. The molecule has 1 aliphatic heterocycles. The highest BCUT2D eigenvalue weighted by Crippen LogP contribution is 2.22. The summed E-state index contributed by atoms with van der Waals surface area (Å²) in [6.07, 6.45) is 0. The Hall–Kier alpha value is -1.75. The molecule has 1 fully saturated rings. The van der Waals surface area contributed by atoms with Crippen LogP contribution >= 0.6 is 0 Å². The monoisotopic (exact) mass is 304 g/mol. The van der Waals surface area contributed by atoms with Gasteiger partial charge in [0.15, 0.2) is 5.96 Å². The summed E-state index contributed by atoms with van der Waals surface area (Å²) < 4.78 is 5.45. The minimum absolute atomic E-state index is 0.368. The highest BCUT2D eigenvalue weighted by atomic mass is 16.5. The number of ether oxygens (including phenoxy) is 1. The third-order valence-electron chi connectivity index (χ3n) is 3.52. The predicted molar refractivity (Wildman–Crippen MR) is 92.6 cm³/mol. The van der Waals surface area contributed by atoms with E-state index in [1.165, 1.54) is 11.3 Å². The van der Waals surface area contributed by atoms with E-state index in [9.17, 15) is 0 Å². The molecule has 0 radical (unpaired) electrons. The number of para-hydroxylation sites is 1. The summed E-state index contributed by atoms with van der Waals surface area (Å²) in [7, 11) is 0. The summed E-state index contributed by atoms with van der Waals surface area (Å²) in [4.78, 5) is 7.10. The predicted octanol–water partition coefficient (Wildman–Crippen LogP) is 1.99. The molecule has 5 heteroatoms. The van der Waals surface area contributed by atoms with Gasteiger partial charge in [-0.2, -0.15) is 0 Å². The maximum absolute atomic E-state index is 5.45. The molecule has 1 heterocycles. The molecule has 2 N–H and O–H groups in total. The van der Waals surface area contributed by atoms with Crippen molar-refractivity contribution in [3.63, 3.8) is 0 Å². The third-order valence-corrected chi connectivity index (χ3v) is 3.52. The Morgan fingerprint density at radius 1 is 1.27 bits per heavy atom. The van der Waals surface area contributed by atoms with E-state index in [0.717, 1.165) is 38.8 Å². The van der Waals surface area contributed by atoms with E-state index < -0.39 is 0 Å². The Kier molecular flexibility index (Phi) is 6.52. The zero-order chi connectivity index (χ0) is 15.8. The second-order valence-electron chi connectivity index (χ2n) is 5.72. The van der Waals surface area contributed by atoms with Gasteiger partial charge in [-0.15, -0.1) is 0 Å². The molecule has 1 aromatic carbocycles. The summed E-state index contributed by atoms with van der Waals surface area (Å²) in [6.45, 7) is 11.4. The van der Waals surface area contributed by atoms with Crippen LogP contribution in [0.4, 0.5) is 5.69 Å². The van der Waals surface area contributed by atoms with Gasteiger partial charge >= 0.3 is 0 Å². The van der Waals surface area contributed by atoms with Gasteiger partial charge in [-0.1, -0.05) is 18.2 Å². The van der Waals surface area contributed by atoms with E-state index in [1.807, 2.05) is 0 Å². The minimum Gasteiger partial charge on any atom is -0.378 e. The van der Waals surface area contributed by atoms with Crippen molar-refractivity contribution in [1.82, 2.24) is 10.6 Å². The van der Waals surface area contributed by atoms with Crippen LogP contribution in [0.5, 0.6) is 0 Å². The van der Waals surface area contributed by atoms with Crippen molar-refractivity contribution in [2.45, 2.75) is 33.4 Å². The van der Waals surface area contributed by atoms with Crippen LogP contribution in [-0.2, 0) is 11.3 Å². The number of aliphatic imine (C=N–C) groups is 1. The van der Waals surface area contributed by atoms with Crippen molar-refractivity contribution >= 4 is 11.6 Å². The van der Waals surface area contributed by atoms with Gasteiger partial charge in [0, 0.05) is 31.4 Å². The molecule has 0 amide bonds. The molecular formula is C17H28N4O. The van der Waals surface area contributed by atoms with Crippen LogP contribution < -0.4 is 15.5 Å². The van der Waals surface area contributed by atoms with Gasteiger partial charge in [0.2, 0.25) is 0 Å². The first-order valence-electron chi connectivity index (χ1n) is 8.16. The number of anilines is 1. The SMILES string of the molecule is CCNC(=NCc1ccccc1N1CCOCC1)NC(C)C. The maximum Gasteiger partial charge on any atom is 0.191 e. The Balaban J connectivity index is 2.10. The molecule has 0 atom stereocenters. The number of hydrogen-bond acceptors (Lipinski definition) is 3. The van der Waals surface area contributed by atoms with Crippen molar-refractivity contribution in [3.05, 3.63) is 29.8 Å². The first-order chi connectivity index (χ1) is 10.7. The van der Waals surface area contributed by atoms with Crippen molar-refractivity contribution < 1.29 is 4.74 Å². The Bertz CT molecular complexity index is 481. The molecule has 1 aromatic rings. The van der Waals surface area contributed by atoms with E-state index >= 15 is 0 Å². The summed E-state index contributed by atoms with van der Waals surface area (Å²) in [6, 6.07) is 8.88. The maximum atomic E-state index is 5.45.